The van der Waals surface area contributed by atoms with E-state index >= 15 is 0 Å². The van der Waals surface area contributed by atoms with Gasteiger partial charge in [0.1, 0.15) is 16.7 Å². The SMILES string of the molecule is COc1ccc(-c2nc(SCC(=O)Nc3ccc(F)cc3)c(-c3ccccc3)[nH]2)cc1OC. The number of H-pyrrole nitrogens is 1. The summed E-state index contributed by atoms with van der Waals surface area (Å²) in [5.41, 5.74) is 3.14. The molecule has 1 heterocycles. The minimum atomic E-state index is -0.353. The van der Waals surface area contributed by atoms with Crippen molar-refractivity contribution in [2.24, 2.45) is 0 Å². The number of hydrogen-bond acceptors (Lipinski definition) is 5. The highest BCUT2D eigenvalue weighted by molar-refractivity contribution is 8.00. The van der Waals surface area contributed by atoms with Gasteiger partial charge in [0.15, 0.2) is 11.5 Å². The van der Waals surface area contributed by atoms with E-state index in [0.29, 0.717) is 28.0 Å². The van der Waals surface area contributed by atoms with Crippen LogP contribution in [0.5, 0.6) is 11.5 Å². The number of aromatic amines is 1. The predicted molar refractivity (Wildman–Crippen MR) is 128 cm³/mol. The molecular formula is C25H22FN3O3S. The normalized spacial score (nSPS) is 10.6. The average molecular weight is 464 g/mol. The first-order chi connectivity index (χ1) is 16.1. The molecule has 168 valence electrons. The van der Waals surface area contributed by atoms with Crippen LogP contribution in [-0.4, -0.2) is 35.8 Å². The number of hydrogen-bond donors (Lipinski definition) is 2. The summed E-state index contributed by atoms with van der Waals surface area (Å²) in [5.74, 6) is 1.46. The second-order valence-corrected chi connectivity index (χ2v) is 8.01. The third-order valence-electron chi connectivity index (χ3n) is 4.86. The number of thioether (sulfide) groups is 1. The molecule has 4 aromatic rings. The van der Waals surface area contributed by atoms with Crippen LogP contribution in [0.25, 0.3) is 22.6 Å². The summed E-state index contributed by atoms with van der Waals surface area (Å²) in [6, 6.07) is 21.0. The third-order valence-corrected chi connectivity index (χ3v) is 5.83. The number of ether oxygens (including phenoxy) is 2. The van der Waals surface area contributed by atoms with Crippen LogP contribution in [0.1, 0.15) is 0 Å². The highest BCUT2D eigenvalue weighted by Gasteiger charge is 2.17. The lowest BCUT2D eigenvalue weighted by atomic mass is 10.2. The van der Waals surface area contributed by atoms with Crippen LogP contribution in [0.4, 0.5) is 10.1 Å². The highest BCUT2D eigenvalue weighted by atomic mass is 32.2. The van der Waals surface area contributed by atoms with Gasteiger partial charge in [-0.25, -0.2) is 9.37 Å². The molecule has 0 spiro atoms. The fraction of sp³-hybridized carbons (Fsp3) is 0.120. The molecule has 4 rings (SSSR count). The molecule has 0 atom stereocenters. The molecule has 0 bridgehead atoms. The largest absolute Gasteiger partial charge is 0.493 e. The molecule has 6 nitrogen and oxygen atoms in total. The van der Waals surface area contributed by atoms with Gasteiger partial charge in [-0.3, -0.25) is 4.79 Å². The second kappa shape index (κ2) is 10.2. The number of benzene rings is 3. The van der Waals surface area contributed by atoms with Crippen molar-refractivity contribution in [1.82, 2.24) is 9.97 Å². The molecule has 33 heavy (non-hydrogen) atoms. The van der Waals surface area contributed by atoms with Crippen molar-refractivity contribution >= 4 is 23.4 Å². The van der Waals surface area contributed by atoms with Gasteiger partial charge in [0.05, 0.1) is 25.7 Å². The highest BCUT2D eigenvalue weighted by Crippen LogP contribution is 2.35. The van der Waals surface area contributed by atoms with E-state index in [1.165, 1.54) is 36.0 Å². The Balaban J connectivity index is 1.59. The molecule has 1 aromatic heterocycles. The average Bonchev–Trinajstić information content (AvgIpc) is 3.28. The number of methoxy groups -OCH3 is 2. The zero-order chi connectivity index (χ0) is 23.2. The predicted octanol–water partition coefficient (Wildman–Crippen LogP) is 5.63. The molecule has 8 heteroatoms. The minimum absolute atomic E-state index is 0.146. The first-order valence-corrected chi connectivity index (χ1v) is 11.1. The summed E-state index contributed by atoms with van der Waals surface area (Å²) in [6.45, 7) is 0. The van der Waals surface area contributed by atoms with Crippen molar-refractivity contribution in [1.29, 1.82) is 0 Å². The lowest BCUT2D eigenvalue weighted by molar-refractivity contribution is -0.113. The van der Waals surface area contributed by atoms with E-state index in [2.05, 4.69) is 10.3 Å². The zero-order valence-electron chi connectivity index (χ0n) is 18.1. The monoisotopic (exact) mass is 463 g/mol. The standard InChI is InChI=1S/C25H22FN3O3S/c1-31-20-13-8-17(14-21(20)32-2)24-28-23(16-6-4-3-5-7-16)25(29-24)33-15-22(30)27-19-11-9-18(26)10-12-19/h3-14H,15H2,1-2H3,(H,27,30)(H,28,29). The number of halogens is 1. The molecule has 0 radical (unpaired) electrons. The smallest absolute Gasteiger partial charge is 0.234 e. The number of nitrogens with one attached hydrogen (secondary N) is 2. The fourth-order valence-corrected chi connectivity index (χ4v) is 4.06. The summed E-state index contributed by atoms with van der Waals surface area (Å²) in [6.07, 6.45) is 0. The first kappa shape index (κ1) is 22.4. The molecule has 1 amide bonds. The Labute approximate surface area is 195 Å². The molecule has 0 aliphatic heterocycles. The maximum Gasteiger partial charge on any atom is 0.234 e. The molecule has 0 saturated heterocycles. The van der Waals surface area contributed by atoms with Crippen LogP contribution in [0, 0.1) is 5.82 Å². The molecular weight excluding hydrogens is 441 g/mol. The topological polar surface area (TPSA) is 76.2 Å². The Morgan fingerprint density at radius 2 is 1.70 bits per heavy atom. The Hall–Kier alpha value is -3.78. The van der Waals surface area contributed by atoms with Gasteiger partial charge in [-0.05, 0) is 42.5 Å². The second-order valence-electron chi connectivity index (χ2n) is 7.05. The summed E-state index contributed by atoms with van der Waals surface area (Å²) in [4.78, 5) is 20.6. The number of amides is 1. The van der Waals surface area contributed by atoms with E-state index in [1.807, 2.05) is 48.5 Å². The van der Waals surface area contributed by atoms with Crippen LogP contribution in [0.3, 0.4) is 0 Å². The Morgan fingerprint density at radius 3 is 2.39 bits per heavy atom. The van der Waals surface area contributed by atoms with E-state index in [-0.39, 0.29) is 17.5 Å². The van der Waals surface area contributed by atoms with Crippen LogP contribution < -0.4 is 14.8 Å². The summed E-state index contributed by atoms with van der Waals surface area (Å²) in [5, 5.41) is 3.46. The van der Waals surface area contributed by atoms with Crippen LogP contribution in [0.2, 0.25) is 0 Å². The molecule has 2 N–H and O–H groups in total. The quantitative estimate of drug-likeness (QED) is 0.331. The summed E-state index contributed by atoms with van der Waals surface area (Å²) >= 11 is 1.32. The van der Waals surface area contributed by atoms with Crippen LogP contribution in [-0.2, 0) is 4.79 Å². The maximum atomic E-state index is 13.1. The van der Waals surface area contributed by atoms with Gasteiger partial charge in [0.2, 0.25) is 5.91 Å². The van der Waals surface area contributed by atoms with E-state index < -0.39 is 0 Å². The number of imidazole rings is 1. The van der Waals surface area contributed by atoms with Crippen molar-refractivity contribution in [3.63, 3.8) is 0 Å². The number of anilines is 1. The number of carbonyl (C=O) groups excluding carboxylic acids is 1. The maximum absolute atomic E-state index is 13.1. The lowest BCUT2D eigenvalue weighted by Gasteiger charge is -2.08. The van der Waals surface area contributed by atoms with Gasteiger partial charge in [0.25, 0.3) is 0 Å². The number of nitrogens with zero attached hydrogens (tertiary/aromatic N) is 1. The summed E-state index contributed by atoms with van der Waals surface area (Å²) in [7, 11) is 3.17. The van der Waals surface area contributed by atoms with Crippen molar-refractivity contribution in [2.75, 3.05) is 25.3 Å². The summed E-state index contributed by atoms with van der Waals surface area (Å²) < 4.78 is 23.8. The fourth-order valence-electron chi connectivity index (χ4n) is 3.25. The Kier molecular flexibility index (Phi) is 6.95. The molecule has 3 aromatic carbocycles. The third kappa shape index (κ3) is 5.35. The molecule has 0 unspecified atom stereocenters. The van der Waals surface area contributed by atoms with Gasteiger partial charge >= 0.3 is 0 Å². The van der Waals surface area contributed by atoms with Gasteiger partial charge < -0.3 is 19.8 Å². The van der Waals surface area contributed by atoms with E-state index in [1.54, 1.807) is 14.2 Å². The van der Waals surface area contributed by atoms with E-state index in [4.69, 9.17) is 14.5 Å². The minimum Gasteiger partial charge on any atom is -0.493 e. The lowest BCUT2D eigenvalue weighted by Crippen LogP contribution is -2.14. The number of carbonyl (C=O) groups is 1. The van der Waals surface area contributed by atoms with Crippen LogP contribution in [0.15, 0.2) is 77.8 Å². The van der Waals surface area contributed by atoms with E-state index in [0.717, 1.165) is 16.8 Å². The van der Waals surface area contributed by atoms with Gasteiger partial charge in [-0.15, -0.1) is 0 Å². The number of aromatic nitrogens is 2. The molecule has 0 aliphatic carbocycles. The molecule has 0 aliphatic rings. The Morgan fingerprint density at radius 1 is 0.970 bits per heavy atom. The van der Waals surface area contributed by atoms with Crippen LogP contribution >= 0.6 is 11.8 Å². The van der Waals surface area contributed by atoms with Gasteiger partial charge in [-0.1, -0.05) is 42.1 Å². The van der Waals surface area contributed by atoms with Gasteiger partial charge in [-0.2, -0.15) is 0 Å². The van der Waals surface area contributed by atoms with Crippen molar-refractivity contribution < 1.29 is 18.7 Å². The Bertz CT molecular complexity index is 1240. The van der Waals surface area contributed by atoms with Gasteiger partial charge in [0, 0.05) is 16.8 Å². The van der Waals surface area contributed by atoms with E-state index in [9.17, 15) is 9.18 Å². The first-order valence-electron chi connectivity index (χ1n) is 10.1. The number of rotatable bonds is 8. The van der Waals surface area contributed by atoms with Crippen molar-refractivity contribution in [2.45, 2.75) is 5.03 Å². The van der Waals surface area contributed by atoms with Crippen molar-refractivity contribution in [3.05, 3.63) is 78.6 Å². The zero-order valence-corrected chi connectivity index (χ0v) is 18.9. The van der Waals surface area contributed by atoms with Crippen molar-refractivity contribution in [3.8, 4) is 34.1 Å². The molecule has 0 fully saturated rings. The molecule has 0 saturated carbocycles.